The Morgan fingerprint density at radius 2 is 2.23 bits per heavy atom. The van der Waals surface area contributed by atoms with Crippen molar-refractivity contribution in [2.75, 3.05) is 25.5 Å². The maximum absolute atomic E-state index is 5.72. The quantitative estimate of drug-likeness (QED) is 0.452. The SMILES string of the molecule is C=C(CCl)CN(CCC)CC1CC1. The summed E-state index contributed by atoms with van der Waals surface area (Å²) in [4.78, 5) is 2.49. The summed E-state index contributed by atoms with van der Waals surface area (Å²) in [6.07, 6.45) is 4.07. The molecule has 1 aliphatic carbocycles. The molecule has 0 saturated heterocycles. The molecule has 0 aromatic rings. The summed E-state index contributed by atoms with van der Waals surface area (Å²) in [5, 5.41) is 0. The molecule has 0 aromatic carbocycles. The van der Waals surface area contributed by atoms with Crippen LogP contribution in [0.15, 0.2) is 12.2 Å². The molecule has 0 aliphatic heterocycles. The first-order chi connectivity index (χ1) is 6.26. The van der Waals surface area contributed by atoms with E-state index in [9.17, 15) is 0 Å². The molecule has 1 aliphatic rings. The summed E-state index contributed by atoms with van der Waals surface area (Å²) in [6, 6.07) is 0. The smallest absolute Gasteiger partial charge is 0.0443 e. The van der Waals surface area contributed by atoms with E-state index in [-0.39, 0.29) is 0 Å². The zero-order chi connectivity index (χ0) is 9.68. The van der Waals surface area contributed by atoms with Crippen LogP contribution in [0.2, 0.25) is 0 Å². The Morgan fingerprint density at radius 3 is 2.69 bits per heavy atom. The van der Waals surface area contributed by atoms with Gasteiger partial charge < -0.3 is 0 Å². The lowest BCUT2D eigenvalue weighted by molar-refractivity contribution is 0.285. The molecule has 0 N–H and O–H groups in total. The Balaban J connectivity index is 2.22. The van der Waals surface area contributed by atoms with Gasteiger partial charge in [0, 0.05) is 19.0 Å². The van der Waals surface area contributed by atoms with Gasteiger partial charge in [-0.3, -0.25) is 4.90 Å². The van der Waals surface area contributed by atoms with Crippen molar-refractivity contribution in [1.29, 1.82) is 0 Å². The van der Waals surface area contributed by atoms with E-state index in [1.165, 1.54) is 32.4 Å². The largest absolute Gasteiger partial charge is 0.299 e. The van der Waals surface area contributed by atoms with Gasteiger partial charge in [0.1, 0.15) is 0 Å². The topological polar surface area (TPSA) is 3.24 Å². The van der Waals surface area contributed by atoms with E-state index in [4.69, 9.17) is 11.6 Å². The number of hydrogen-bond acceptors (Lipinski definition) is 1. The fourth-order valence-corrected chi connectivity index (χ4v) is 1.66. The normalized spacial score (nSPS) is 16.5. The molecule has 1 fully saturated rings. The van der Waals surface area contributed by atoms with Crippen LogP contribution in [0.4, 0.5) is 0 Å². The van der Waals surface area contributed by atoms with Crippen molar-refractivity contribution in [2.45, 2.75) is 26.2 Å². The van der Waals surface area contributed by atoms with Crippen molar-refractivity contribution >= 4 is 11.6 Å². The summed E-state index contributed by atoms with van der Waals surface area (Å²) in [5.41, 5.74) is 1.15. The number of hydrogen-bond donors (Lipinski definition) is 0. The first kappa shape index (κ1) is 11.1. The predicted octanol–water partition coefficient (Wildman–Crippen LogP) is 2.90. The van der Waals surface area contributed by atoms with Gasteiger partial charge in [0.2, 0.25) is 0 Å². The monoisotopic (exact) mass is 201 g/mol. The minimum absolute atomic E-state index is 0.602. The van der Waals surface area contributed by atoms with E-state index in [1.807, 2.05) is 0 Å². The Kier molecular flexibility index (Phi) is 4.82. The molecule has 1 saturated carbocycles. The van der Waals surface area contributed by atoms with Crippen LogP contribution in [-0.4, -0.2) is 30.4 Å². The standard InChI is InChI=1S/C11H20ClN/c1-3-6-13(8-10(2)7-12)9-11-4-5-11/h11H,2-9H2,1H3. The third-order valence-electron chi connectivity index (χ3n) is 2.39. The first-order valence-electron chi connectivity index (χ1n) is 5.21. The third kappa shape index (κ3) is 4.68. The summed E-state index contributed by atoms with van der Waals surface area (Å²) in [5.74, 6) is 1.57. The first-order valence-corrected chi connectivity index (χ1v) is 5.74. The molecule has 1 nitrogen and oxygen atoms in total. The molecule has 0 amide bonds. The zero-order valence-corrected chi connectivity index (χ0v) is 9.32. The maximum atomic E-state index is 5.72. The molecule has 0 heterocycles. The van der Waals surface area contributed by atoms with Crippen LogP contribution in [-0.2, 0) is 0 Å². The van der Waals surface area contributed by atoms with Crippen LogP contribution >= 0.6 is 11.6 Å². The molecule has 0 aromatic heterocycles. The van der Waals surface area contributed by atoms with E-state index in [0.29, 0.717) is 5.88 Å². The average Bonchev–Trinajstić information content (AvgIpc) is 2.88. The van der Waals surface area contributed by atoms with Gasteiger partial charge in [0.05, 0.1) is 0 Å². The predicted molar refractivity (Wildman–Crippen MR) is 59.3 cm³/mol. The van der Waals surface area contributed by atoms with Crippen molar-refractivity contribution in [1.82, 2.24) is 4.90 Å². The van der Waals surface area contributed by atoms with Crippen molar-refractivity contribution in [3.8, 4) is 0 Å². The van der Waals surface area contributed by atoms with Gasteiger partial charge in [0.15, 0.2) is 0 Å². The van der Waals surface area contributed by atoms with E-state index < -0.39 is 0 Å². The Bertz CT molecular complexity index is 163. The molecule has 2 heteroatoms. The van der Waals surface area contributed by atoms with Crippen LogP contribution in [0.5, 0.6) is 0 Å². The second-order valence-corrected chi connectivity index (χ2v) is 4.33. The summed E-state index contributed by atoms with van der Waals surface area (Å²) in [6.45, 7) is 9.61. The van der Waals surface area contributed by atoms with Crippen molar-refractivity contribution in [3.05, 3.63) is 12.2 Å². The lowest BCUT2D eigenvalue weighted by atomic mass is 10.2. The third-order valence-corrected chi connectivity index (χ3v) is 2.77. The van der Waals surface area contributed by atoms with E-state index in [0.717, 1.165) is 18.0 Å². The van der Waals surface area contributed by atoms with Crippen molar-refractivity contribution in [3.63, 3.8) is 0 Å². The molecule has 1 rings (SSSR count). The number of alkyl halides is 1. The maximum Gasteiger partial charge on any atom is 0.0443 e. The number of nitrogens with zero attached hydrogens (tertiary/aromatic N) is 1. The van der Waals surface area contributed by atoms with Crippen LogP contribution < -0.4 is 0 Å². The molecule has 0 radical (unpaired) electrons. The van der Waals surface area contributed by atoms with Gasteiger partial charge in [-0.1, -0.05) is 13.5 Å². The highest BCUT2D eigenvalue weighted by atomic mass is 35.5. The van der Waals surface area contributed by atoms with Gasteiger partial charge in [0.25, 0.3) is 0 Å². The Morgan fingerprint density at radius 1 is 1.54 bits per heavy atom. The highest BCUT2D eigenvalue weighted by Crippen LogP contribution is 2.29. The number of rotatable bonds is 7. The lowest BCUT2D eigenvalue weighted by Crippen LogP contribution is -2.29. The highest BCUT2D eigenvalue weighted by Gasteiger charge is 2.23. The van der Waals surface area contributed by atoms with Gasteiger partial charge >= 0.3 is 0 Å². The molecular formula is C11H20ClN. The molecule has 0 spiro atoms. The minimum Gasteiger partial charge on any atom is -0.299 e. The summed E-state index contributed by atoms with van der Waals surface area (Å²) >= 11 is 5.72. The summed E-state index contributed by atoms with van der Waals surface area (Å²) in [7, 11) is 0. The van der Waals surface area contributed by atoms with Crippen LogP contribution in [0.1, 0.15) is 26.2 Å². The Hall–Kier alpha value is -0.0100. The molecule has 76 valence electrons. The van der Waals surface area contributed by atoms with Crippen molar-refractivity contribution in [2.24, 2.45) is 5.92 Å². The van der Waals surface area contributed by atoms with Gasteiger partial charge in [-0.2, -0.15) is 0 Å². The fraction of sp³-hybridized carbons (Fsp3) is 0.818. The zero-order valence-electron chi connectivity index (χ0n) is 8.56. The van der Waals surface area contributed by atoms with Gasteiger partial charge in [-0.15, -0.1) is 11.6 Å². The highest BCUT2D eigenvalue weighted by molar-refractivity contribution is 6.19. The second kappa shape index (κ2) is 5.66. The summed E-state index contributed by atoms with van der Waals surface area (Å²) < 4.78 is 0. The van der Waals surface area contributed by atoms with Crippen LogP contribution in [0.25, 0.3) is 0 Å². The minimum atomic E-state index is 0.602. The van der Waals surface area contributed by atoms with E-state index >= 15 is 0 Å². The van der Waals surface area contributed by atoms with Crippen LogP contribution in [0.3, 0.4) is 0 Å². The van der Waals surface area contributed by atoms with Gasteiger partial charge in [-0.25, -0.2) is 0 Å². The molecule has 0 bridgehead atoms. The Labute approximate surface area is 86.8 Å². The second-order valence-electron chi connectivity index (χ2n) is 4.06. The van der Waals surface area contributed by atoms with Crippen molar-refractivity contribution < 1.29 is 0 Å². The molecule has 0 atom stereocenters. The van der Waals surface area contributed by atoms with E-state index in [1.54, 1.807) is 0 Å². The average molecular weight is 202 g/mol. The van der Waals surface area contributed by atoms with Gasteiger partial charge in [-0.05, 0) is 37.3 Å². The number of halogens is 1. The lowest BCUT2D eigenvalue weighted by Gasteiger charge is -2.21. The fourth-order valence-electron chi connectivity index (χ4n) is 1.58. The molecule has 13 heavy (non-hydrogen) atoms. The van der Waals surface area contributed by atoms with E-state index in [2.05, 4.69) is 18.4 Å². The molecular weight excluding hydrogens is 182 g/mol. The molecule has 0 unspecified atom stereocenters. The van der Waals surface area contributed by atoms with Crippen LogP contribution in [0, 0.1) is 5.92 Å².